The fourth-order valence-electron chi connectivity index (χ4n) is 7.59. The molecule has 0 spiro atoms. The van der Waals surface area contributed by atoms with E-state index in [4.69, 9.17) is 9.97 Å². The summed E-state index contributed by atoms with van der Waals surface area (Å²) in [7, 11) is 0. The molecule has 11 rings (SSSR count). The number of thiophene rings is 1. The lowest BCUT2D eigenvalue weighted by atomic mass is 10.0. The van der Waals surface area contributed by atoms with Crippen LogP contribution in [0.2, 0.25) is 0 Å². The van der Waals surface area contributed by atoms with Crippen molar-refractivity contribution >= 4 is 75.5 Å². The molecule has 0 aliphatic heterocycles. The summed E-state index contributed by atoms with van der Waals surface area (Å²) in [6.45, 7) is 0. The number of fused-ring (bicyclic) bond motifs is 9. The van der Waals surface area contributed by atoms with Crippen molar-refractivity contribution in [2.24, 2.45) is 0 Å². The number of nitrogens with zero attached hydrogens (tertiary/aromatic N) is 6. The van der Waals surface area contributed by atoms with E-state index in [1.807, 2.05) is 12.3 Å². The third-order valence-electron chi connectivity index (χ3n) is 9.90. The van der Waals surface area contributed by atoms with Crippen molar-refractivity contribution in [3.05, 3.63) is 158 Å². The van der Waals surface area contributed by atoms with E-state index in [2.05, 4.69) is 165 Å². The van der Waals surface area contributed by atoms with Crippen LogP contribution >= 0.6 is 11.3 Å². The van der Waals surface area contributed by atoms with Gasteiger partial charge in [-0.05, 0) is 78.4 Å². The second-order valence-electron chi connectivity index (χ2n) is 12.8. The fourth-order valence-corrected chi connectivity index (χ4v) is 8.60. The van der Waals surface area contributed by atoms with Crippen LogP contribution in [-0.4, -0.2) is 29.3 Å². The SMILES string of the molecule is c1ccc(-n2c3ccccc3c3cc(-c4cnc5c(c4)sc4nc(-c6ccc7c(c6)c6ccccc6n7-c6ccccc6)nnc45)ccc32)cc1. The Labute approximate surface area is 295 Å². The minimum atomic E-state index is 0.605. The Balaban J connectivity index is 1.01. The molecule has 0 saturated carbocycles. The Kier molecular flexibility index (Phi) is 6.02. The molecule has 0 saturated heterocycles. The van der Waals surface area contributed by atoms with Gasteiger partial charge in [0.05, 0.1) is 26.8 Å². The van der Waals surface area contributed by atoms with E-state index in [-0.39, 0.29) is 0 Å². The van der Waals surface area contributed by atoms with Crippen molar-refractivity contribution in [2.45, 2.75) is 0 Å². The maximum Gasteiger partial charge on any atom is 0.183 e. The molecule has 0 bridgehead atoms. The number of aromatic nitrogens is 6. The summed E-state index contributed by atoms with van der Waals surface area (Å²) in [5, 5.41) is 14.1. The molecule has 51 heavy (non-hydrogen) atoms. The second-order valence-corrected chi connectivity index (χ2v) is 13.8. The molecule has 6 nitrogen and oxygen atoms in total. The van der Waals surface area contributed by atoms with Gasteiger partial charge in [0.25, 0.3) is 0 Å². The molecule has 6 aromatic carbocycles. The van der Waals surface area contributed by atoms with Crippen LogP contribution in [-0.2, 0) is 0 Å². The second kappa shape index (κ2) is 10.9. The number of benzene rings is 6. The highest BCUT2D eigenvalue weighted by Crippen LogP contribution is 2.38. The lowest BCUT2D eigenvalue weighted by Crippen LogP contribution is -1.94. The third-order valence-corrected chi connectivity index (χ3v) is 10.9. The summed E-state index contributed by atoms with van der Waals surface area (Å²) in [4.78, 5) is 10.8. The van der Waals surface area contributed by atoms with Gasteiger partial charge in [0.15, 0.2) is 5.82 Å². The first-order valence-electron chi connectivity index (χ1n) is 16.9. The largest absolute Gasteiger partial charge is 0.309 e. The van der Waals surface area contributed by atoms with Gasteiger partial charge < -0.3 is 9.13 Å². The van der Waals surface area contributed by atoms with E-state index in [0.29, 0.717) is 5.82 Å². The predicted molar refractivity (Wildman–Crippen MR) is 210 cm³/mol. The summed E-state index contributed by atoms with van der Waals surface area (Å²) in [5.41, 5.74) is 11.6. The van der Waals surface area contributed by atoms with E-state index >= 15 is 0 Å². The molecule has 0 amide bonds. The third kappa shape index (κ3) is 4.28. The van der Waals surface area contributed by atoms with Crippen LogP contribution < -0.4 is 0 Å². The average molecular weight is 671 g/mol. The van der Waals surface area contributed by atoms with Gasteiger partial charge in [0.2, 0.25) is 0 Å². The Hall–Kier alpha value is -6.70. The normalized spacial score (nSPS) is 11.9. The first-order valence-corrected chi connectivity index (χ1v) is 17.7. The number of pyridine rings is 1. The number of hydrogen-bond acceptors (Lipinski definition) is 5. The van der Waals surface area contributed by atoms with Crippen molar-refractivity contribution in [3.8, 4) is 33.9 Å². The molecule has 0 unspecified atom stereocenters. The van der Waals surface area contributed by atoms with Crippen molar-refractivity contribution in [3.63, 3.8) is 0 Å². The minimum Gasteiger partial charge on any atom is -0.309 e. The summed E-state index contributed by atoms with van der Waals surface area (Å²) < 4.78 is 5.68. The van der Waals surface area contributed by atoms with Gasteiger partial charge in [-0.3, -0.25) is 4.98 Å². The van der Waals surface area contributed by atoms with Gasteiger partial charge in [0, 0.05) is 50.2 Å². The Morgan fingerprint density at radius 1 is 0.431 bits per heavy atom. The van der Waals surface area contributed by atoms with Gasteiger partial charge in [0.1, 0.15) is 15.9 Å². The lowest BCUT2D eigenvalue weighted by molar-refractivity contribution is 1.04. The van der Waals surface area contributed by atoms with Crippen LogP contribution in [0.5, 0.6) is 0 Å². The zero-order valence-corrected chi connectivity index (χ0v) is 27.9. The molecule has 11 aromatic rings. The maximum atomic E-state index is 5.04. The van der Waals surface area contributed by atoms with Crippen LogP contribution in [0, 0.1) is 0 Å². The molecule has 0 atom stereocenters. The highest BCUT2D eigenvalue weighted by Gasteiger charge is 2.18. The van der Waals surface area contributed by atoms with Crippen molar-refractivity contribution in [1.29, 1.82) is 0 Å². The van der Waals surface area contributed by atoms with Gasteiger partial charge in [-0.1, -0.05) is 78.9 Å². The predicted octanol–water partition coefficient (Wildman–Crippen LogP) is 11.2. The van der Waals surface area contributed by atoms with E-state index in [1.165, 1.54) is 27.2 Å². The quantitative estimate of drug-likeness (QED) is 0.187. The Morgan fingerprint density at radius 2 is 0.980 bits per heavy atom. The molecule has 7 heteroatoms. The summed E-state index contributed by atoms with van der Waals surface area (Å²) in [5.74, 6) is 0.605. The molecule has 0 radical (unpaired) electrons. The van der Waals surface area contributed by atoms with Gasteiger partial charge in [-0.25, -0.2) is 4.98 Å². The molecular formula is C44H26N6S. The zero-order valence-electron chi connectivity index (χ0n) is 27.1. The fraction of sp³-hybridized carbons (Fsp3) is 0. The minimum absolute atomic E-state index is 0.605. The van der Waals surface area contributed by atoms with E-state index < -0.39 is 0 Å². The van der Waals surface area contributed by atoms with E-state index in [9.17, 15) is 0 Å². The van der Waals surface area contributed by atoms with Crippen LogP contribution in [0.15, 0.2) is 158 Å². The van der Waals surface area contributed by atoms with E-state index in [1.54, 1.807) is 11.3 Å². The van der Waals surface area contributed by atoms with Crippen molar-refractivity contribution in [1.82, 2.24) is 29.3 Å². The molecule has 238 valence electrons. The van der Waals surface area contributed by atoms with Gasteiger partial charge in [-0.15, -0.1) is 21.5 Å². The van der Waals surface area contributed by atoms with E-state index in [0.717, 1.165) is 65.0 Å². The lowest BCUT2D eigenvalue weighted by Gasteiger charge is -2.08. The monoisotopic (exact) mass is 670 g/mol. The van der Waals surface area contributed by atoms with Crippen molar-refractivity contribution < 1.29 is 0 Å². The van der Waals surface area contributed by atoms with Crippen molar-refractivity contribution in [2.75, 3.05) is 0 Å². The molecule has 5 heterocycles. The summed E-state index contributed by atoms with van der Waals surface area (Å²) in [6, 6.07) is 53.5. The highest BCUT2D eigenvalue weighted by atomic mass is 32.1. The smallest absolute Gasteiger partial charge is 0.183 e. The molecular weight excluding hydrogens is 645 g/mol. The molecule has 0 N–H and O–H groups in total. The number of rotatable bonds is 4. The van der Waals surface area contributed by atoms with Gasteiger partial charge in [-0.2, -0.15) is 0 Å². The van der Waals surface area contributed by atoms with Gasteiger partial charge >= 0.3 is 0 Å². The number of hydrogen-bond donors (Lipinski definition) is 0. The van der Waals surface area contributed by atoms with Crippen LogP contribution in [0.25, 0.3) is 98.1 Å². The molecule has 0 fully saturated rings. The highest BCUT2D eigenvalue weighted by molar-refractivity contribution is 7.25. The standard InChI is InChI=1S/C44H26N6S/c1-3-11-30(12-4-1)49-36-17-9-7-15-32(36)34-23-27(19-21-38(34)49)29-25-40-41(45-26-29)42-44(51-40)46-43(48-47-42)28-20-22-39-35(24-28)33-16-8-10-18-37(33)50(39)31-13-5-2-6-14-31/h1-26H. The maximum absolute atomic E-state index is 5.04. The Bertz CT molecular complexity index is 2930. The number of para-hydroxylation sites is 4. The zero-order chi connectivity index (χ0) is 33.5. The Morgan fingerprint density at radius 3 is 1.63 bits per heavy atom. The molecule has 0 aliphatic rings. The van der Waals surface area contributed by atoms with Crippen LogP contribution in [0.1, 0.15) is 0 Å². The first kappa shape index (κ1) is 28.2. The topological polar surface area (TPSA) is 61.4 Å². The van der Waals surface area contributed by atoms with Crippen LogP contribution in [0.4, 0.5) is 0 Å². The van der Waals surface area contributed by atoms with Crippen LogP contribution in [0.3, 0.4) is 0 Å². The summed E-state index contributed by atoms with van der Waals surface area (Å²) in [6.07, 6.45) is 1.94. The molecule has 0 aliphatic carbocycles. The first-order chi connectivity index (χ1) is 25.3. The average Bonchev–Trinajstić information content (AvgIpc) is 3.85. The molecule has 5 aromatic heterocycles. The summed E-state index contributed by atoms with van der Waals surface area (Å²) >= 11 is 1.61.